The zero-order valence-electron chi connectivity index (χ0n) is 17.8. The number of benzene rings is 2. The first-order chi connectivity index (χ1) is 15.4. The van der Waals surface area contributed by atoms with Crippen molar-refractivity contribution in [3.8, 4) is 5.75 Å². The molecule has 0 saturated heterocycles. The van der Waals surface area contributed by atoms with E-state index in [0.717, 1.165) is 16.5 Å². The van der Waals surface area contributed by atoms with E-state index >= 15 is 0 Å². The number of nitrogens with zero attached hydrogens (tertiary/aromatic N) is 4. The van der Waals surface area contributed by atoms with Gasteiger partial charge in [-0.2, -0.15) is 0 Å². The average Bonchev–Trinajstić information content (AvgIpc) is 2.75. The van der Waals surface area contributed by atoms with Crippen LogP contribution in [0.1, 0.15) is 24.2 Å². The first-order valence-electron chi connectivity index (χ1n) is 9.91. The van der Waals surface area contributed by atoms with Crippen LogP contribution in [0.25, 0.3) is 10.9 Å². The highest BCUT2D eigenvalue weighted by Gasteiger charge is 2.15. The molecule has 2 atom stereocenters. The molecule has 0 fully saturated rings. The lowest BCUT2D eigenvalue weighted by molar-refractivity contribution is 0.227. The van der Waals surface area contributed by atoms with Crippen LogP contribution in [0.5, 0.6) is 5.75 Å². The van der Waals surface area contributed by atoms with Crippen LogP contribution in [-0.4, -0.2) is 25.4 Å². The van der Waals surface area contributed by atoms with Crippen molar-refractivity contribution < 1.29 is 13.3 Å². The zero-order chi connectivity index (χ0) is 22.7. The number of anilines is 2. The number of halogens is 1. The third-order valence-corrected chi connectivity index (χ3v) is 5.36. The molecule has 2 heterocycles. The molecule has 0 aliphatic carbocycles. The van der Waals surface area contributed by atoms with Crippen molar-refractivity contribution >= 4 is 38.7 Å². The summed E-state index contributed by atoms with van der Waals surface area (Å²) in [6, 6.07) is 11.6. The first-order valence-corrected chi connectivity index (χ1v) is 11.6. The molecule has 0 aliphatic heterocycles. The molecule has 1 N–H and O–H groups in total. The number of fused-ring (bicyclic) bond motifs is 1. The fourth-order valence-electron chi connectivity index (χ4n) is 3.41. The minimum atomic E-state index is -1.67. The summed E-state index contributed by atoms with van der Waals surface area (Å²) in [6.45, 7) is 3.80. The van der Waals surface area contributed by atoms with Gasteiger partial charge in [0.05, 0.1) is 16.9 Å². The Morgan fingerprint density at radius 1 is 1.12 bits per heavy atom. The summed E-state index contributed by atoms with van der Waals surface area (Å²) < 4.78 is 35.7. The molecule has 2 aromatic heterocycles. The van der Waals surface area contributed by atoms with Gasteiger partial charge in [-0.15, -0.1) is 0 Å². The minimum Gasteiger partial charge on any atom is -0.484 e. The van der Waals surface area contributed by atoms with Crippen LogP contribution >= 0.6 is 0 Å². The molecule has 7 nitrogen and oxygen atoms in total. The largest absolute Gasteiger partial charge is 0.484 e. The molecule has 32 heavy (non-hydrogen) atoms. The van der Waals surface area contributed by atoms with Crippen molar-refractivity contribution in [2.24, 2.45) is 4.36 Å². The lowest BCUT2D eigenvalue weighted by Gasteiger charge is -2.19. The van der Waals surface area contributed by atoms with E-state index in [1.165, 1.54) is 18.5 Å². The van der Waals surface area contributed by atoms with Crippen molar-refractivity contribution in [3.05, 3.63) is 78.1 Å². The number of aryl methyl sites for hydroxylation is 1. The van der Waals surface area contributed by atoms with Gasteiger partial charge in [-0.25, -0.2) is 18.7 Å². The van der Waals surface area contributed by atoms with E-state index in [9.17, 15) is 8.60 Å². The number of ether oxygens (including phenoxy) is 1. The molecule has 0 saturated carbocycles. The highest BCUT2D eigenvalue weighted by molar-refractivity contribution is 7.74. The number of hydrogen-bond donors (Lipinski definition) is 2. The molecule has 2 aromatic carbocycles. The van der Waals surface area contributed by atoms with Crippen molar-refractivity contribution in [1.82, 2.24) is 15.0 Å². The fourth-order valence-corrected chi connectivity index (χ4v) is 3.85. The molecule has 0 radical (unpaired) electrons. The standard InChI is InChI=1S/C23H22FN5O2S/c1-14-10-18(29-32(3)30)12-20-22(14)23(27-13-26-20)28-19-5-4-17(24)11-21(19)31-15(2)16-6-8-25-9-7-16/h4-13,15,32H,1-3H3,(H,26,27,28). The average molecular weight is 452 g/mol. The second-order valence-electron chi connectivity index (χ2n) is 7.25. The fraction of sp³-hybridized carbons (Fsp3) is 0.174. The summed E-state index contributed by atoms with van der Waals surface area (Å²) in [6.07, 6.45) is 6.04. The summed E-state index contributed by atoms with van der Waals surface area (Å²) in [4.78, 5) is 12.7. The Kier molecular flexibility index (Phi) is 6.27. The molecular weight excluding hydrogens is 429 g/mol. The smallest absolute Gasteiger partial charge is 0.146 e. The second kappa shape index (κ2) is 9.27. The number of nitrogens with one attached hydrogen (secondary N) is 1. The Hall–Kier alpha value is -3.59. The summed E-state index contributed by atoms with van der Waals surface area (Å²) in [5, 5.41) is 4.04. The van der Waals surface area contributed by atoms with Gasteiger partial charge in [0.2, 0.25) is 0 Å². The Labute approximate surface area is 186 Å². The van der Waals surface area contributed by atoms with Gasteiger partial charge in [-0.05, 0) is 61.4 Å². The molecule has 0 aliphatic rings. The highest BCUT2D eigenvalue weighted by Crippen LogP contribution is 2.35. The lowest BCUT2D eigenvalue weighted by Crippen LogP contribution is -2.06. The number of pyridine rings is 1. The van der Waals surface area contributed by atoms with Gasteiger partial charge in [0.25, 0.3) is 0 Å². The maximum Gasteiger partial charge on any atom is 0.146 e. The number of hydrogen-bond acceptors (Lipinski definition) is 7. The quantitative estimate of drug-likeness (QED) is 0.388. The Bertz CT molecular complexity index is 1360. The van der Waals surface area contributed by atoms with Crippen LogP contribution < -0.4 is 10.1 Å². The topological polar surface area (TPSA) is 89.4 Å². The third kappa shape index (κ3) is 4.83. The van der Waals surface area contributed by atoms with E-state index in [4.69, 9.17) is 4.74 Å². The van der Waals surface area contributed by atoms with Gasteiger partial charge in [0, 0.05) is 40.7 Å². The summed E-state index contributed by atoms with van der Waals surface area (Å²) >= 11 is 0. The van der Waals surface area contributed by atoms with Gasteiger partial charge in [0.15, 0.2) is 0 Å². The van der Waals surface area contributed by atoms with Crippen molar-refractivity contribution in [3.63, 3.8) is 0 Å². The molecule has 2 unspecified atom stereocenters. The first kappa shape index (κ1) is 21.6. The molecule has 4 aromatic rings. The second-order valence-corrected chi connectivity index (χ2v) is 8.38. The van der Waals surface area contributed by atoms with Gasteiger partial charge in [0.1, 0.15) is 29.8 Å². The van der Waals surface area contributed by atoms with Crippen molar-refractivity contribution in [2.75, 3.05) is 11.6 Å². The zero-order valence-corrected chi connectivity index (χ0v) is 18.7. The van der Waals surface area contributed by atoms with Crippen LogP contribution in [0.15, 0.2) is 65.5 Å². The van der Waals surface area contributed by atoms with Crippen molar-refractivity contribution in [1.29, 1.82) is 0 Å². The highest BCUT2D eigenvalue weighted by atomic mass is 32.2. The number of thiol groups is 1. The maximum atomic E-state index is 14.0. The summed E-state index contributed by atoms with van der Waals surface area (Å²) in [7, 11) is -1.67. The van der Waals surface area contributed by atoms with Crippen molar-refractivity contribution in [2.45, 2.75) is 20.0 Å². The number of rotatable bonds is 6. The van der Waals surface area contributed by atoms with Gasteiger partial charge in [-0.1, -0.05) is 0 Å². The predicted octanol–water partition coefficient (Wildman–Crippen LogP) is 5.28. The third-order valence-electron chi connectivity index (χ3n) is 4.85. The van der Waals surface area contributed by atoms with E-state index in [-0.39, 0.29) is 6.10 Å². The van der Waals surface area contributed by atoms with E-state index in [1.807, 2.05) is 32.0 Å². The molecule has 9 heteroatoms. The Morgan fingerprint density at radius 3 is 2.66 bits per heavy atom. The molecule has 0 bridgehead atoms. The van der Waals surface area contributed by atoms with Gasteiger partial charge >= 0.3 is 0 Å². The molecular formula is C23H22FN5O2S. The molecule has 164 valence electrons. The van der Waals surface area contributed by atoms with E-state index < -0.39 is 16.4 Å². The monoisotopic (exact) mass is 451 g/mol. The SMILES string of the molecule is Cc1cc(/N=[SH](/C)=O)cc2ncnc(Nc3ccc(F)cc3OC(C)c3ccncc3)c12. The van der Waals surface area contributed by atoms with Crippen LogP contribution in [0.3, 0.4) is 0 Å². The predicted molar refractivity (Wildman–Crippen MR) is 125 cm³/mol. The van der Waals surface area contributed by atoms with E-state index in [1.54, 1.807) is 30.8 Å². The summed E-state index contributed by atoms with van der Waals surface area (Å²) in [5.74, 6) is 0.498. The van der Waals surface area contributed by atoms with Crippen LogP contribution in [0.4, 0.5) is 21.6 Å². The Balaban J connectivity index is 1.72. The van der Waals surface area contributed by atoms with E-state index in [0.29, 0.717) is 28.5 Å². The normalized spacial score (nSPS) is 13.1. The van der Waals surface area contributed by atoms with E-state index in [2.05, 4.69) is 24.6 Å². The lowest BCUT2D eigenvalue weighted by atomic mass is 10.1. The number of aromatic nitrogens is 3. The molecule has 0 amide bonds. The van der Waals surface area contributed by atoms with Gasteiger partial charge in [-0.3, -0.25) is 9.19 Å². The maximum absolute atomic E-state index is 14.0. The molecule has 4 rings (SSSR count). The minimum absolute atomic E-state index is 0.315. The Morgan fingerprint density at radius 2 is 1.91 bits per heavy atom. The summed E-state index contributed by atoms with van der Waals surface area (Å²) in [5.41, 5.74) is 3.62. The van der Waals surface area contributed by atoms with Crippen LogP contribution in [0.2, 0.25) is 0 Å². The van der Waals surface area contributed by atoms with Crippen LogP contribution in [0, 0.1) is 12.7 Å². The van der Waals surface area contributed by atoms with Crippen LogP contribution in [-0.2, 0) is 10.6 Å². The van der Waals surface area contributed by atoms with Gasteiger partial charge < -0.3 is 10.1 Å². The molecule has 0 spiro atoms.